The van der Waals surface area contributed by atoms with E-state index in [1.54, 1.807) is 6.07 Å². The van der Waals surface area contributed by atoms with Crippen LogP contribution in [0, 0.1) is 6.92 Å². The summed E-state index contributed by atoms with van der Waals surface area (Å²) in [5, 5.41) is 12.0. The highest BCUT2D eigenvalue weighted by Gasteiger charge is 2.41. The summed E-state index contributed by atoms with van der Waals surface area (Å²) >= 11 is 0. The van der Waals surface area contributed by atoms with Gasteiger partial charge in [0.2, 0.25) is 5.91 Å². The predicted molar refractivity (Wildman–Crippen MR) is 129 cm³/mol. The molecule has 1 amide bonds. The molecule has 2 aromatic heterocycles. The van der Waals surface area contributed by atoms with E-state index in [0.717, 1.165) is 36.5 Å². The fourth-order valence-electron chi connectivity index (χ4n) is 3.95. The van der Waals surface area contributed by atoms with Crippen molar-refractivity contribution < 1.29 is 13.7 Å². The summed E-state index contributed by atoms with van der Waals surface area (Å²) in [5.74, 6) is 1.50. The summed E-state index contributed by atoms with van der Waals surface area (Å²) in [6, 6.07) is 3.82. The molecular formula is C24H40N4O3Si. The molecule has 2 aromatic rings. The Morgan fingerprint density at radius 2 is 1.91 bits per heavy atom. The lowest BCUT2D eigenvalue weighted by Crippen LogP contribution is -2.43. The number of anilines is 1. The fourth-order valence-corrected chi connectivity index (χ4v) is 5.35. The number of hydrogen-bond donors (Lipinski definition) is 1. The Labute approximate surface area is 193 Å². The topological polar surface area (TPSA) is 82.2 Å². The molecule has 1 N–H and O–H groups in total. The van der Waals surface area contributed by atoms with Gasteiger partial charge in [0, 0.05) is 24.2 Å². The van der Waals surface area contributed by atoms with Gasteiger partial charge in [-0.05, 0) is 65.1 Å². The van der Waals surface area contributed by atoms with Gasteiger partial charge in [-0.15, -0.1) is 0 Å². The second-order valence-electron chi connectivity index (χ2n) is 11.7. The maximum absolute atomic E-state index is 12.6. The molecule has 3 rings (SSSR count). The van der Waals surface area contributed by atoms with Crippen LogP contribution in [0.1, 0.15) is 83.9 Å². The highest BCUT2D eigenvalue weighted by atomic mass is 28.4. The van der Waals surface area contributed by atoms with Crippen LogP contribution < -0.4 is 5.32 Å². The average Bonchev–Trinajstić information content (AvgIpc) is 3.33. The molecule has 2 atom stereocenters. The van der Waals surface area contributed by atoms with Gasteiger partial charge in [0.05, 0.1) is 23.3 Å². The van der Waals surface area contributed by atoms with Crippen LogP contribution in [0.3, 0.4) is 0 Å². The van der Waals surface area contributed by atoms with E-state index in [4.69, 9.17) is 14.0 Å². The van der Waals surface area contributed by atoms with Gasteiger partial charge in [-0.3, -0.25) is 4.79 Å². The van der Waals surface area contributed by atoms with Gasteiger partial charge in [-0.25, -0.2) is 4.68 Å². The van der Waals surface area contributed by atoms with E-state index in [1.165, 1.54) is 0 Å². The van der Waals surface area contributed by atoms with Gasteiger partial charge in [-0.2, -0.15) is 5.10 Å². The third-order valence-corrected chi connectivity index (χ3v) is 11.2. The van der Waals surface area contributed by atoms with Crippen LogP contribution in [-0.2, 0) is 21.2 Å². The van der Waals surface area contributed by atoms with Crippen molar-refractivity contribution in [2.45, 2.75) is 110 Å². The van der Waals surface area contributed by atoms with Crippen molar-refractivity contribution in [2.75, 3.05) is 5.32 Å². The zero-order valence-corrected chi connectivity index (χ0v) is 22.2. The third kappa shape index (κ3) is 5.70. The Hall–Kier alpha value is -1.93. The van der Waals surface area contributed by atoms with Crippen LogP contribution in [-0.4, -0.2) is 35.3 Å². The second-order valence-corrected chi connectivity index (χ2v) is 16.5. The SMILES string of the molecule is Cc1cc(CC(=O)Nc2cc([C@H]3CC[C@@H](O[Si](C)(C)C(C)(C)C)C3)nn2C(C)(C)C)on1. The van der Waals surface area contributed by atoms with Crippen molar-refractivity contribution in [1.29, 1.82) is 0 Å². The summed E-state index contributed by atoms with van der Waals surface area (Å²) in [7, 11) is -1.79. The summed E-state index contributed by atoms with van der Waals surface area (Å²) in [6.07, 6.45) is 3.54. The number of nitrogens with one attached hydrogen (secondary N) is 1. The van der Waals surface area contributed by atoms with Crippen molar-refractivity contribution in [1.82, 2.24) is 14.9 Å². The van der Waals surface area contributed by atoms with Gasteiger partial charge in [-0.1, -0.05) is 25.9 Å². The van der Waals surface area contributed by atoms with Crippen LogP contribution in [0.2, 0.25) is 18.1 Å². The first-order valence-electron chi connectivity index (χ1n) is 11.7. The number of amides is 1. The zero-order valence-electron chi connectivity index (χ0n) is 21.2. The first-order valence-corrected chi connectivity index (χ1v) is 14.6. The van der Waals surface area contributed by atoms with Crippen molar-refractivity contribution >= 4 is 20.0 Å². The third-order valence-electron chi connectivity index (χ3n) is 6.71. The molecule has 0 unspecified atom stereocenters. The molecule has 1 fully saturated rings. The fraction of sp³-hybridized carbons (Fsp3) is 0.708. The zero-order chi connectivity index (χ0) is 23.9. The molecule has 0 bridgehead atoms. The minimum Gasteiger partial charge on any atom is -0.414 e. The maximum atomic E-state index is 12.6. The molecule has 1 aliphatic rings. The number of aromatic nitrogens is 3. The minimum atomic E-state index is -1.79. The molecule has 0 aliphatic heterocycles. The Balaban J connectivity index is 1.73. The van der Waals surface area contributed by atoms with Gasteiger partial charge >= 0.3 is 0 Å². The molecule has 0 saturated heterocycles. The molecule has 0 radical (unpaired) electrons. The Morgan fingerprint density at radius 3 is 2.47 bits per heavy atom. The summed E-state index contributed by atoms with van der Waals surface area (Å²) in [4.78, 5) is 12.6. The maximum Gasteiger partial charge on any atom is 0.233 e. The van der Waals surface area contributed by atoms with E-state index >= 15 is 0 Å². The van der Waals surface area contributed by atoms with Gasteiger partial charge < -0.3 is 14.3 Å². The van der Waals surface area contributed by atoms with Gasteiger partial charge in [0.15, 0.2) is 8.32 Å². The Bertz CT molecular complexity index is 949. The molecule has 178 valence electrons. The molecule has 32 heavy (non-hydrogen) atoms. The normalized spacial score (nSPS) is 20.0. The highest BCUT2D eigenvalue weighted by molar-refractivity contribution is 6.74. The van der Waals surface area contributed by atoms with Crippen LogP contribution in [0.25, 0.3) is 0 Å². The van der Waals surface area contributed by atoms with E-state index in [0.29, 0.717) is 11.7 Å². The number of carbonyl (C=O) groups is 1. The van der Waals surface area contributed by atoms with Gasteiger partial charge in [0.1, 0.15) is 11.6 Å². The molecular weight excluding hydrogens is 420 g/mol. The molecule has 7 nitrogen and oxygen atoms in total. The number of hydrogen-bond acceptors (Lipinski definition) is 5. The lowest BCUT2D eigenvalue weighted by atomic mass is 10.0. The summed E-state index contributed by atoms with van der Waals surface area (Å²) in [6.45, 7) is 19.6. The van der Waals surface area contributed by atoms with E-state index in [-0.39, 0.29) is 29.0 Å². The van der Waals surface area contributed by atoms with Gasteiger partial charge in [0.25, 0.3) is 0 Å². The van der Waals surface area contributed by atoms with Crippen LogP contribution in [0.5, 0.6) is 0 Å². The quantitative estimate of drug-likeness (QED) is 0.553. The smallest absolute Gasteiger partial charge is 0.233 e. The number of nitrogens with zero attached hydrogens (tertiary/aromatic N) is 3. The Kier molecular flexibility index (Phi) is 6.78. The summed E-state index contributed by atoms with van der Waals surface area (Å²) < 4.78 is 13.8. The molecule has 2 heterocycles. The average molecular weight is 461 g/mol. The van der Waals surface area contributed by atoms with Crippen LogP contribution >= 0.6 is 0 Å². The van der Waals surface area contributed by atoms with Crippen molar-refractivity contribution in [2.24, 2.45) is 0 Å². The van der Waals surface area contributed by atoms with Crippen molar-refractivity contribution in [3.8, 4) is 0 Å². The molecule has 8 heteroatoms. The standard InChI is InChI=1S/C24H40N4O3Si/c1-16-12-19(30-27-16)14-22(29)25-21-15-20(26-28(21)23(2,3)4)17-10-11-18(13-17)31-32(8,9)24(5,6)7/h12,15,17-18H,10-11,13-14H2,1-9H3,(H,25,29)/t17-,18+/m0/s1. The minimum absolute atomic E-state index is 0.136. The summed E-state index contributed by atoms with van der Waals surface area (Å²) in [5.41, 5.74) is 1.55. The lowest BCUT2D eigenvalue weighted by molar-refractivity contribution is -0.115. The molecule has 0 spiro atoms. The highest BCUT2D eigenvalue weighted by Crippen LogP contribution is 2.43. The van der Waals surface area contributed by atoms with Crippen molar-refractivity contribution in [3.05, 3.63) is 29.3 Å². The molecule has 1 aliphatic carbocycles. The monoisotopic (exact) mass is 460 g/mol. The van der Waals surface area contributed by atoms with Crippen LogP contribution in [0.4, 0.5) is 5.82 Å². The predicted octanol–water partition coefficient (Wildman–Crippen LogP) is 5.77. The van der Waals surface area contributed by atoms with E-state index < -0.39 is 8.32 Å². The van der Waals surface area contributed by atoms with E-state index in [2.05, 4.69) is 65.1 Å². The van der Waals surface area contributed by atoms with E-state index in [9.17, 15) is 4.79 Å². The molecule has 1 saturated carbocycles. The first-order chi connectivity index (χ1) is 14.7. The number of rotatable bonds is 6. The first kappa shape index (κ1) is 24.7. The largest absolute Gasteiger partial charge is 0.414 e. The Morgan fingerprint density at radius 1 is 1.22 bits per heavy atom. The van der Waals surface area contributed by atoms with Crippen LogP contribution in [0.15, 0.2) is 16.7 Å². The number of aryl methyl sites for hydroxylation is 1. The van der Waals surface area contributed by atoms with E-state index in [1.807, 2.05) is 17.7 Å². The van der Waals surface area contributed by atoms with Crippen molar-refractivity contribution in [3.63, 3.8) is 0 Å². The molecule has 0 aromatic carbocycles. The second kappa shape index (κ2) is 8.78. The number of carbonyl (C=O) groups excluding carboxylic acids is 1. The lowest BCUT2D eigenvalue weighted by Gasteiger charge is -2.38.